The molecule has 5 rings (SSSR count). The van der Waals surface area contributed by atoms with Crippen molar-refractivity contribution in [2.75, 3.05) is 5.32 Å². The molecule has 0 spiro atoms. The summed E-state index contributed by atoms with van der Waals surface area (Å²) >= 11 is 1.50. The normalized spacial score (nSPS) is 16.4. The molecule has 0 aliphatic heterocycles. The van der Waals surface area contributed by atoms with Gasteiger partial charge in [-0.3, -0.25) is 9.78 Å². The Morgan fingerprint density at radius 1 is 1.15 bits per heavy atom. The quantitative estimate of drug-likeness (QED) is 0.350. The van der Waals surface area contributed by atoms with Crippen LogP contribution < -0.4 is 5.32 Å². The fourth-order valence-electron chi connectivity index (χ4n) is 3.90. The van der Waals surface area contributed by atoms with Crippen molar-refractivity contribution in [2.45, 2.75) is 52.9 Å². The van der Waals surface area contributed by atoms with Gasteiger partial charge in [0.25, 0.3) is 5.92 Å². The Hall–Kier alpha value is -3.00. The van der Waals surface area contributed by atoms with Crippen molar-refractivity contribution < 1.29 is 13.6 Å². The minimum absolute atomic E-state index is 0.268. The molecule has 1 aromatic carbocycles. The number of anilines is 1. The Labute approximate surface area is 195 Å². The van der Waals surface area contributed by atoms with Gasteiger partial charge in [0, 0.05) is 46.4 Å². The summed E-state index contributed by atoms with van der Waals surface area (Å²) in [6, 6.07) is 5.87. The summed E-state index contributed by atoms with van der Waals surface area (Å²) in [5.41, 5.74) is 6.84. The summed E-state index contributed by atoms with van der Waals surface area (Å²) in [6.07, 6.45) is 5.14. The van der Waals surface area contributed by atoms with Gasteiger partial charge in [-0.15, -0.1) is 11.3 Å². The molecule has 1 saturated carbocycles. The Morgan fingerprint density at radius 3 is 2.58 bits per heavy atom. The van der Waals surface area contributed by atoms with E-state index in [1.807, 2.05) is 26.1 Å². The first-order chi connectivity index (χ1) is 15.9. The van der Waals surface area contributed by atoms with E-state index in [9.17, 15) is 13.6 Å². The zero-order valence-corrected chi connectivity index (χ0v) is 19.9. The molecule has 1 aliphatic carbocycles. The van der Waals surface area contributed by atoms with Crippen LogP contribution in [0.4, 0.5) is 14.6 Å². The minimum Gasteiger partial charge on any atom is -0.310 e. The van der Waals surface area contributed by atoms with Crippen LogP contribution in [0.1, 0.15) is 44.9 Å². The lowest BCUT2D eigenvalue weighted by Gasteiger charge is -2.11. The number of carbonyl (C=O) groups excluding carboxylic acids is 1. The van der Waals surface area contributed by atoms with Gasteiger partial charge in [0.1, 0.15) is 11.7 Å². The largest absolute Gasteiger partial charge is 0.310 e. The molecule has 8 heteroatoms. The highest BCUT2D eigenvalue weighted by molar-refractivity contribution is 7.17. The van der Waals surface area contributed by atoms with Crippen LogP contribution in [0.3, 0.4) is 0 Å². The fraction of sp³-hybridized carbons (Fsp3) is 0.360. The standard InChI is InChI=1S/C23H20F2N4OS.C2H6/c1-3-4-14-5-12(2)17(10-26-14)16-6-13-9-27-19(29-22(30)18-8-23(18,24)25)7-15(13)21-20(16)28-11-31-21;1-2/h5-7,9-11,18H,3-4,8H2,1-2H3,(H,27,29,30);1-2H3. The number of carbonyl (C=O) groups is 1. The molecule has 3 heterocycles. The van der Waals surface area contributed by atoms with Gasteiger partial charge in [0.15, 0.2) is 0 Å². The second kappa shape index (κ2) is 9.09. The molecule has 5 nitrogen and oxygen atoms in total. The summed E-state index contributed by atoms with van der Waals surface area (Å²) in [5.74, 6) is -4.59. The molecule has 0 saturated heterocycles. The van der Waals surface area contributed by atoms with Crippen molar-refractivity contribution in [2.24, 2.45) is 5.92 Å². The lowest BCUT2D eigenvalue weighted by atomic mass is 9.98. The van der Waals surface area contributed by atoms with Gasteiger partial charge in [-0.05, 0) is 37.1 Å². The number of hydrogen-bond donors (Lipinski definition) is 1. The van der Waals surface area contributed by atoms with E-state index in [4.69, 9.17) is 0 Å². The van der Waals surface area contributed by atoms with E-state index >= 15 is 0 Å². The molecular formula is C25H26F2N4OS. The van der Waals surface area contributed by atoms with Gasteiger partial charge in [-0.2, -0.15) is 0 Å². The van der Waals surface area contributed by atoms with Crippen molar-refractivity contribution in [3.63, 3.8) is 0 Å². The summed E-state index contributed by atoms with van der Waals surface area (Å²) < 4.78 is 27.3. The van der Waals surface area contributed by atoms with Gasteiger partial charge < -0.3 is 5.32 Å². The van der Waals surface area contributed by atoms with E-state index in [1.165, 1.54) is 11.3 Å². The number of benzene rings is 1. The molecule has 1 fully saturated rings. The first kappa shape index (κ1) is 23.2. The second-order valence-electron chi connectivity index (χ2n) is 7.99. The van der Waals surface area contributed by atoms with Crippen molar-refractivity contribution in [3.8, 4) is 11.1 Å². The summed E-state index contributed by atoms with van der Waals surface area (Å²) in [7, 11) is 0. The van der Waals surface area contributed by atoms with E-state index in [0.717, 1.165) is 56.2 Å². The number of nitrogens with zero attached hydrogens (tertiary/aromatic N) is 3. The first-order valence-corrected chi connectivity index (χ1v) is 12.1. The number of rotatable bonds is 5. The number of alkyl halides is 2. The van der Waals surface area contributed by atoms with Crippen LogP contribution in [0.25, 0.3) is 32.1 Å². The summed E-state index contributed by atoms with van der Waals surface area (Å²) in [5, 5.41) is 4.29. The summed E-state index contributed by atoms with van der Waals surface area (Å²) in [6.45, 7) is 8.20. The van der Waals surface area contributed by atoms with E-state index in [-0.39, 0.29) is 5.82 Å². The molecule has 3 aromatic heterocycles. The fourth-order valence-corrected chi connectivity index (χ4v) is 4.75. The zero-order chi connectivity index (χ0) is 23.8. The van der Waals surface area contributed by atoms with E-state index in [0.29, 0.717) is 0 Å². The highest BCUT2D eigenvalue weighted by Gasteiger charge is 2.61. The lowest BCUT2D eigenvalue weighted by Crippen LogP contribution is -2.18. The second-order valence-corrected chi connectivity index (χ2v) is 8.85. The number of halogens is 2. The average Bonchev–Trinajstić information content (AvgIpc) is 3.20. The maximum Gasteiger partial charge on any atom is 0.260 e. The molecule has 33 heavy (non-hydrogen) atoms. The number of pyridine rings is 2. The van der Waals surface area contributed by atoms with E-state index in [1.54, 1.807) is 17.8 Å². The average molecular weight is 469 g/mol. The smallest absolute Gasteiger partial charge is 0.260 e. The molecule has 1 unspecified atom stereocenters. The van der Waals surface area contributed by atoms with Crippen LogP contribution in [0.2, 0.25) is 0 Å². The Bertz CT molecular complexity index is 1330. The molecule has 1 atom stereocenters. The third kappa shape index (κ3) is 4.44. The number of hydrogen-bond acceptors (Lipinski definition) is 5. The lowest BCUT2D eigenvalue weighted by molar-refractivity contribution is -0.119. The highest BCUT2D eigenvalue weighted by Crippen LogP contribution is 2.49. The maximum atomic E-state index is 13.2. The van der Waals surface area contributed by atoms with Crippen LogP contribution in [-0.2, 0) is 11.2 Å². The monoisotopic (exact) mass is 468 g/mol. The first-order valence-electron chi connectivity index (χ1n) is 11.2. The molecule has 4 aromatic rings. The predicted molar refractivity (Wildman–Crippen MR) is 130 cm³/mol. The Morgan fingerprint density at radius 2 is 1.91 bits per heavy atom. The number of fused-ring (bicyclic) bond motifs is 3. The van der Waals surface area contributed by atoms with Crippen LogP contribution in [0, 0.1) is 12.8 Å². The van der Waals surface area contributed by atoms with Crippen molar-refractivity contribution in [3.05, 3.63) is 47.4 Å². The van der Waals surface area contributed by atoms with Gasteiger partial charge in [0.05, 0.1) is 15.7 Å². The zero-order valence-electron chi connectivity index (χ0n) is 19.1. The molecule has 0 bridgehead atoms. The number of aryl methyl sites for hydroxylation is 2. The summed E-state index contributed by atoms with van der Waals surface area (Å²) in [4.78, 5) is 25.5. The third-order valence-electron chi connectivity index (χ3n) is 5.66. The van der Waals surface area contributed by atoms with Crippen LogP contribution in [-0.4, -0.2) is 26.8 Å². The van der Waals surface area contributed by atoms with Crippen LogP contribution >= 0.6 is 11.3 Å². The Balaban J connectivity index is 0.00000126. The molecular weight excluding hydrogens is 442 g/mol. The van der Waals surface area contributed by atoms with Gasteiger partial charge in [-0.25, -0.2) is 18.7 Å². The van der Waals surface area contributed by atoms with Crippen LogP contribution in [0.15, 0.2) is 36.1 Å². The number of amides is 1. The molecule has 1 amide bonds. The van der Waals surface area contributed by atoms with E-state index < -0.39 is 24.2 Å². The van der Waals surface area contributed by atoms with Crippen molar-refractivity contribution in [1.82, 2.24) is 15.0 Å². The number of nitrogens with one attached hydrogen (secondary N) is 1. The van der Waals surface area contributed by atoms with Gasteiger partial charge in [0.2, 0.25) is 5.91 Å². The molecule has 0 radical (unpaired) electrons. The van der Waals surface area contributed by atoms with Crippen molar-refractivity contribution in [1.29, 1.82) is 0 Å². The molecule has 1 aliphatic rings. The predicted octanol–water partition coefficient (Wildman–Crippen LogP) is 6.79. The van der Waals surface area contributed by atoms with Gasteiger partial charge >= 0.3 is 0 Å². The van der Waals surface area contributed by atoms with E-state index in [2.05, 4.69) is 40.2 Å². The number of thiazole rings is 1. The SMILES string of the molecule is CC.CCCc1cc(C)c(-c2cc3cnc(NC(=O)C4CC4(F)F)cc3c3scnc23)cn1. The number of aromatic nitrogens is 3. The molecule has 1 N–H and O–H groups in total. The minimum atomic E-state index is -2.90. The maximum absolute atomic E-state index is 13.2. The van der Waals surface area contributed by atoms with Gasteiger partial charge in [-0.1, -0.05) is 27.2 Å². The third-order valence-corrected chi connectivity index (χ3v) is 6.52. The van der Waals surface area contributed by atoms with Crippen LogP contribution in [0.5, 0.6) is 0 Å². The molecule has 172 valence electrons. The Kier molecular flexibility index (Phi) is 6.38. The topological polar surface area (TPSA) is 67.8 Å². The highest BCUT2D eigenvalue weighted by atomic mass is 32.1. The van der Waals surface area contributed by atoms with Crippen molar-refractivity contribution >= 4 is 44.1 Å².